The quantitative estimate of drug-likeness (QED) is 0.912. The van der Waals surface area contributed by atoms with Crippen LogP contribution in [0.1, 0.15) is 24.8 Å². The van der Waals surface area contributed by atoms with Crippen LogP contribution in [0.4, 0.5) is 0 Å². The van der Waals surface area contributed by atoms with Gasteiger partial charge >= 0.3 is 0 Å². The van der Waals surface area contributed by atoms with Gasteiger partial charge in [0.05, 0.1) is 5.92 Å². The smallest absolute Gasteiger partial charge is 0.227 e. The van der Waals surface area contributed by atoms with E-state index in [-0.39, 0.29) is 11.8 Å². The topological polar surface area (TPSA) is 46.3 Å². The maximum absolute atomic E-state index is 12.7. The first-order valence-electron chi connectivity index (χ1n) is 7.80. The van der Waals surface area contributed by atoms with Crippen LogP contribution in [0.3, 0.4) is 0 Å². The summed E-state index contributed by atoms with van der Waals surface area (Å²) < 4.78 is 0. The summed E-state index contributed by atoms with van der Waals surface area (Å²) in [4.78, 5) is 14.7. The maximum atomic E-state index is 12.7. The van der Waals surface area contributed by atoms with E-state index in [1.807, 2.05) is 18.2 Å². The molecule has 2 fully saturated rings. The summed E-state index contributed by atoms with van der Waals surface area (Å²) in [6.45, 7) is 2.38. The molecule has 3 unspecified atom stereocenters. The standard InChI is InChI=1S/C17H24N2O/c18-10-16(9-13-5-2-1-3-6-13)17(20)19-11-14-7-4-8-15(14)12-19/h1-3,5-6,14-16H,4,7-12,18H2. The summed E-state index contributed by atoms with van der Waals surface area (Å²) in [5, 5.41) is 0. The highest BCUT2D eigenvalue weighted by Gasteiger charge is 2.39. The zero-order valence-electron chi connectivity index (χ0n) is 12.0. The molecule has 1 aromatic carbocycles. The molecule has 1 aliphatic heterocycles. The van der Waals surface area contributed by atoms with Crippen molar-refractivity contribution in [1.29, 1.82) is 0 Å². The number of carbonyl (C=O) groups is 1. The lowest BCUT2D eigenvalue weighted by molar-refractivity contribution is -0.134. The van der Waals surface area contributed by atoms with E-state index in [1.165, 1.54) is 24.8 Å². The predicted octanol–water partition coefficient (Wildman–Crippen LogP) is 2.06. The van der Waals surface area contributed by atoms with E-state index in [0.29, 0.717) is 6.54 Å². The van der Waals surface area contributed by atoms with Crippen LogP contribution < -0.4 is 5.73 Å². The Labute approximate surface area is 121 Å². The number of likely N-dealkylation sites (tertiary alicyclic amines) is 1. The van der Waals surface area contributed by atoms with Gasteiger partial charge in [0.2, 0.25) is 5.91 Å². The van der Waals surface area contributed by atoms with Crippen molar-refractivity contribution in [2.75, 3.05) is 19.6 Å². The van der Waals surface area contributed by atoms with Crippen LogP contribution in [0.25, 0.3) is 0 Å². The second-order valence-corrected chi connectivity index (χ2v) is 6.32. The number of fused-ring (bicyclic) bond motifs is 1. The van der Waals surface area contributed by atoms with E-state index >= 15 is 0 Å². The highest BCUT2D eigenvalue weighted by molar-refractivity contribution is 5.79. The highest BCUT2D eigenvalue weighted by Crippen LogP contribution is 2.38. The molecule has 1 saturated heterocycles. The normalized spacial score (nSPS) is 26.6. The van der Waals surface area contributed by atoms with Crippen LogP contribution in [-0.2, 0) is 11.2 Å². The van der Waals surface area contributed by atoms with Gasteiger partial charge in [-0.05, 0) is 36.7 Å². The van der Waals surface area contributed by atoms with E-state index in [2.05, 4.69) is 17.0 Å². The second-order valence-electron chi connectivity index (χ2n) is 6.32. The summed E-state index contributed by atoms with van der Waals surface area (Å²) >= 11 is 0. The van der Waals surface area contributed by atoms with Crippen molar-refractivity contribution in [3.05, 3.63) is 35.9 Å². The molecule has 20 heavy (non-hydrogen) atoms. The molecule has 1 heterocycles. The van der Waals surface area contributed by atoms with Gasteiger partial charge in [-0.3, -0.25) is 4.79 Å². The molecule has 1 aliphatic carbocycles. The predicted molar refractivity (Wildman–Crippen MR) is 80.1 cm³/mol. The molecule has 1 saturated carbocycles. The Bertz CT molecular complexity index is 447. The number of amides is 1. The molecule has 3 nitrogen and oxygen atoms in total. The molecule has 0 bridgehead atoms. The molecule has 2 aliphatic rings. The Balaban J connectivity index is 1.63. The van der Waals surface area contributed by atoms with Crippen LogP contribution in [0, 0.1) is 17.8 Å². The summed E-state index contributed by atoms with van der Waals surface area (Å²) in [6.07, 6.45) is 4.73. The number of hydrogen-bond acceptors (Lipinski definition) is 2. The Kier molecular flexibility index (Phi) is 4.06. The number of benzene rings is 1. The molecule has 3 heteroatoms. The molecule has 1 aromatic rings. The molecule has 0 spiro atoms. The first-order valence-corrected chi connectivity index (χ1v) is 7.80. The van der Waals surface area contributed by atoms with Gasteiger partial charge in [-0.1, -0.05) is 36.8 Å². The molecule has 2 N–H and O–H groups in total. The molecular weight excluding hydrogens is 248 g/mol. The van der Waals surface area contributed by atoms with Crippen LogP contribution in [0.15, 0.2) is 30.3 Å². The molecule has 3 rings (SSSR count). The van der Waals surface area contributed by atoms with E-state index in [9.17, 15) is 4.79 Å². The van der Waals surface area contributed by atoms with Crippen LogP contribution >= 0.6 is 0 Å². The Morgan fingerprint density at radius 3 is 2.45 bits per heavy atom. The first-order chi connectivity index (χ1) is 9.78. The third kappa shape index (κ3) is 2.73. The lowest BCUT2D eigenvalue weighted by Crippen LogP contribution is -2.39. The molecule has 0 aromatic heterocycles. The van der Waals surface area contributed by atoms with Crippen molar-refractivity contribution in [1.82, 2.24) is 4.90 Å². The minimum absolute atomic E-state index is 0.0590. The van der Waals surface area contributed by atoms with Gasteiger partial charge < -0.3 is 10.6 Å². The van der Waals surface area contributed by atoms with E-state index in [0.717, 1.165) is 31.3 Å². The third-order valence-corrected chi connectivity index (χ3v) is 5.00. The average molecular weight is 272 g/mol. The van der Waals surface area contributed by atoms with Crippen LogP contribution in [-0.4, -0.2) is 30.4 Å². The molecule has 3 atom stereocenters. The van der Waals surface area contributed by atoms with Crippen molar-refractivity contribution in [2.45, 2.75) is 25.7 Å². The monoisotopic (exact) mass is 272 g/mol. The van der Waals surface area contributed by atoms with Gasteiger partial charge in [0.15, 0.2) is 0 Å². The van der Waals surface area contributed by atoms with Gasteiger partial charge in [-0.2, -0.15) is 0 Å². The summed E-state index contributed by atoms with van der Waals surface area (Å²) in [7, 11) is 0. The second kappa shape index (κ2) is 5.96. The van der Waals surface area contributed by atoms with Crippen molar-refractivity contribution < 1.29 is 4.79 Å². The van der Waals surface area contributed by atoms with Crippen molar-refractivity contribution in [2.24, 2.45) is 23.5 Å². The van der Waals surface area contributed by atoms with Crippen molar-refractivity contribution in [3.63, 3.8) is 0 Å². The third-order valence-electron chi connectivity index (χ3n) is 5.00. The SMILES string of the molecule is NCC(Cc1ccccc1)C(=O)N1CC2CCCC2C1. The van der Waals surface area contributed by atoms with Crippen molar-refractivity contribution >= 4 is 5.91 Å². The van der Waals surface area contributed by atoms with Gasteiger partial charge in [0.1, 0.15) is 0 Å². The van der Waals surface area contributed by atoms with Gasteiger partial charge in [0, 0.05) is 19.6 Å². The summed E-state index contributed by atoms with van der Waals surface area (Å²) in [5.74, 6) is 1.73. The number of carbonyl (C=O) groups excluding carboxylic acids is 1. The fourth-order valence-corrected chi connectivity index (χ4v) is 3.84. The number of nitrogens with two attached hydrogens (primary N) is 1. The fraction of sp³-hybridized carbons (Fsp3) is 0.588. The zero-order valence-corrected chi connectivity index (χ0v) is 12.0. The largest absolute Gasteiger partial charge is 0.342 e. The Morgan fingerprint density at radius 1 is 1.20 bits per heavy atom. The first kappa shape index (κ1) is 13.6. The van der Waals surface area contributed by atoms with Gasteiger partial charge in [-0.15, -0.1) is 0 Å². The Hall–Kier alpha value is -1.35. The molecule has 108 valence electrons. The molecule has 1 amide bonds. The fourth-order valence-electron chi connectivity index (χ4n) is 3.84. The zero-order chi connectivity index (χ0) is 13.9. The van der Waals surface area contributed by atoms with Crippen LogP contribution in [0.5, 0.6) is 0 Å². The summed E-state index contributed by atoms with van der Waals surface area (Å²) in [5.41, 5.74) is 7.06. The van der Waals surface area contributed by atoms with Gasteiger partial charge in [0.25, 0.3) is 0 Å². The maximum Gasteiger partial charge on any atom is 0.227 e. The minimum atomic E-state index is -0.0590. The lowest BCUT2D eigenvalue weighted by atomic mass is 9.98. The molecule has 0 radical (unpaired) electrons. The number of rotatable bonds is 4. The average Bonchev–Trinajstić information content (AvgIpc) is 3.06. The lowest BCUT2D eigenvalue weighted by Gasteiger charge is -2.23. The number of nitrogens with zero attached hydrogens (tertiary/aromatic N) is 1. The van der Waals surface area contributed by atoms with Gasteiger partial charge in [-0.25, -0.2) is 0 Å². The van der Waals surface area contributed by atoms with E-state index < -0.39 is 0 Å². The van der Waals surface area contributed by atoms with Crippen LogP contribution in [0.2, 0.25) is 0 Å². The van der Waals surface area contributed by atoms with Crippen molar-refractivity contribution in [3.8, 4) is 0 Å². The highest BCUT2D eigenvalue weighted by atomic mass is 16.2. The molecular formula is C17H24N2O. The van der Waals surface area contributed by atoms with E-state index in [1.54, 1.807) is 0 Å². The summed E-state index contributed by atoms with van der Waals surface area (Å²) in [6, 6.07) is 10.2. The van der Waals surface area contributed by atoms with E-state index in [4.69, 9.17) is 5.73 Å². The Morgan fingerprint density at radius 2 is 1.85 bits per heavy atom. The number of hydrogen-bond donors (Lipinski definition) is 1. The minimum Gasteiger partial charge on any atom is -0.342 e.